The molecule has 19 heavy (non-hydrogen) atoms. The highest BCUT2D eigenvalue weighted by Crippen LogP contribution is 2.28. The molecule has 1 heterocycles. The molecule has 100 valence electrons. The fourth-order valence-corrected chi connectivity index (χ4v) is 1.96. The minimum atomic E-state index is -0.523. The van der Waals surface area contributed by atoms with Crippen LogP contribution in [0.1, 0.15) is 35.3 Å². The predicted octanol–water partition coefficient (Wildman–Crippen LogP) is 3.85. The van der Waals surface area contributed by atoms with Gasteiger partial charge in [0, 0.05) is 12.3 Å². The van der Waals surface area contributed by atoms with Gasteiger partial charge in [0.1, 0.15) is 5.75 Å². The summed E-state index contributed by atoms with van der Waals surface area (Å²) in [6.45, 7) is 7.86. The molecule has 2 rings (SSSR count). The molecule has 0 saturated heterocycles. The second kappa shape index (κ2) is 5.41. The van der Waals surface area contributed by atoms with Gasteiger partial charge in [-0.05, 0) is 62.1 Å². The number of hydrogen-bond donors (Lipinski definition) is 1. The van der Waals surface area contributed by atoms with Gasteiger partial charge in [-0.1, -0.05) is 6.07 Å². The van der Waals surface area contributed by atoms with Gasteiger partial charge in [0.05, 0.1) is 6.10 Å². The summed E-state index contributed by atoms with van der Waals surface area (Å²) < 4.78 is 5.84. The van der Waals surface area contributed by atoms with Crippen molar-refractivity contribution in [3.8, 4) is 11.6 Å². The van der Waals surface area contributed by atoms with Crippen molar-refractivity contribution in [1.82, 2.24) is 4.98 Å². The van der Waals surface area contributed by atoms with Crippen LogP contribution in [-0.4, -0.2) is 10.1 Å². The van der Waals surface area contributed by atoms with Crippen LogP contribution in [0.4, 0.5) is 0 Å². The van der Waals surface area contributed by atoms with Gasteiger partial charge in [-0.25, -0.2) is 4.98 Å². The highest BCUT2D eigenvalue weighted by Gasteiger charge is 2.08. The number of ether oxygens (including phenoxy) is 1. The summed E-state index contributed by atoms with van der Waals surface area (Å²) in [4.78, 5) is 4.18. The quantitative estimate of drug-likeness (QED) is 0.908. The van der Waals surface area contributed by atoms with E-state index in [1.165, 1.54) is 5.56 Å². The Kier molecular flexibility index (Phi) is 3.86. The van der Waals surface area contributed by atoms with Gasteiger partial charge in [-0.2, -0.15) is 0 Å². The third-order valence-corrected chi connectivity index (χ3v) is 3.22. The number of aryl methyl sites for hydroxylation is 2. The van der Waals surface area contributed by atoms with Crippen LogP contribution >= 0.6 is 0 Å². The van der Waals surface area contributed by atoms with Crippen LogP contribution in [0.3, 0.4) is 0 Å². The number of rotatable bonds is 3. The van der Waals surface area contributed by atoms with E-state index in [2.05, 4.69) is 18.0 Å². The van der Waals surface area contributed by atoms with Crippen LogP contribution in [0.2, 0.25) is 0 Å². The summed E-state index contributed by atoms with van der Waals surface area (Å²) >= 11 is 0. The lowest BCUT2D eigenvalue weighted by molar-refractivity contribution is 0.198. The maximum Gasteiger partial charge on any atom is 0.219 e. The minimum absolute atomic E-state index is 0.506. The summed E-state index contributed by atoms with van der Waals surface area (Å²) in [5.41, 5.74) is 4.26. The lowest BCUT2D eigenvalue weighted by Gasteiger charge is -2.12. The Morgan fingerprint density at radius 1 is 1.16 bits per heavy atom. The first-order valence-electron chi connectivity index (χ1n) is 6.37. The monoisotopic (exact) mass is 257 g/mol. The first-order valence-corrected chi connectivity index (χ1v) is 6.37. The van der Waals surface area contributed by atoms with Crippen LogP contribution in [-0.2, 0) is 0 Å². The van der Waals surface area contributed by atoms with E-state index in [0.717, 1.165) is 22.4 Å². The van der Waals surface area contributed by atoms with E-state index in [1.54, 1.807) is 25.3 Å². The molecule has 0 unspecified atom stereocenters. The molecule has 0 saturated carbocycles. The largest absolute Gasteiger partial charge is 0.439 e. The second-order valence-corrected chi connectivity index (χ2v) is 4.91. The number of aliphatic hydroxyl groups excluding tert-OH is 1. The number of benzene rings is 1. The predicted molar refractivity (Wildman–Crippen MR) is 75.6 cm³/mol. The zero-order valence-electron chi connectivity index (χ0n) is 11.8. The summed E-state index contributed by atoms with van der Waals surface area (Å²) in [7, 11) is 0. The zero-order valence-corrected chi connectivity index (χ0v) is 11.8. The number of nitrogens with zero attached hydrogens (tertiary/aromatic N) is 1. The molecule has 0 bridgehead atoms. The molecular weight excluding hydrogens is 238 g/mol. The Morgan fingerprint density at radius 2 is 1.89 bits per heavy atom. The van der Waals surface area contributed by atoms with Crippen LogP contribution in [0, 0.1) is 20.8 Å². The van der Waals surface area contributed by atoms with Crippen LogP contribution in [0.5, 0.6) is 11.6 Å². The SMILES string of the molecule is Cc1cc(C)c(C)c(Oc2cc([C@H](C)O)ccn2)c1. The van der Waals surface area contributed by atoms with Gasteiger partial charge >= 0.3 is 0 Å². The minimum Gasteiger partial charge on any atom is -0.439 e. The smallest absolute Gasteiger partial charge is 0.219 e. The van der Waals surface area contributed by atoms with E-state index in [4.69, 9.17) is 4.74 Å². The van der Waals surface area contributed by atoms with E-state index in [1.807, 2.05) is 19.9 Å². The molecule has 2 aromatic rings. The Bertz CT molecular complexity index is 591. The van der Waals surface area contributed by atoms with E-state index >= 15 is 0 Å². The van der Waals surface area contributed by atoms with E-state index in [0.29, 0.717) is 5.88 Å². The average molecular weight is 257 g/mol. The third-order valence-electron chi connectivity index (χ3n) is 3.22. The second-order valence-electron chi connectivity index (χ2n) is 4.91. The first kappa shape index (κ1) is 13.6. The van der Waals surface area contributed by atoms with Crippen molar-refractivity contribution in [2.75, 3.05) is 0 Å². The third kappa shape index (κ3) is 3.12. The van der Waals surface area contributed by atoms with E-state index < -0.39 is 6.10 Å². The molecule has 1 N–H and O–H groups in total. The highest BCUT2D eigenvalue weighted by atomic mass is 16.5. The fraction of sp³-hybridized carbons (Fsp3) is 0.312. The Labute approximate surface area is 113 Å². The lowest BCUT2D eigenvalue weighted by atomic mass is 10.1. The molecule has 1 atom stereocenters. The van der Waals surface area contributed by atoms with Crippen LogP contribution in [0.25, 0.3) is 0 Å². The fourth-order valence-electron chi connectivity index (χ4n) is 1.96. The lowest BCUT2D eigenvalue weighted by Crippen LogP contribution is -1.96. The first-order chi connectivity index (χ1) is 8.97. The van der Waals surface area contributed by atoms with Gasteiger partial charge in [0.15, 0.2) is 0 Å². The van der Waals surface area contributed by atoms with E-state index in [-0.39, 0.29) is 0 Å². The average Bonchev–Trinajstić information content (AvgIpc) is 2.35. The molecule has 1 aromatic heterocycles. The molecule has 1 aromatic carbocycles. The van der Waals surface area contributed by atoms with Gasteiger partial charge in [0.25, 0.3) is 0 Å². The number of hydrogen-bond acceptors (Lipinski definition) is 3. The molecule has 3 heteroatoms. The Hall–Kier alpha value is -1.87. The maximum atomic E-state index is 9.57. The van der Waals surface area contributed by atoms with Crippen LogP contribution < -0.4 is 4.74 Å². The Balaban J connectivity index is 2.33. The molecule has 0 aliphatic carbocycles. The topological polar surface area (TPSA) is 42.4 Å². The zero-order chi connectivity index (χ0) is 14.0. The van der Waals surface area contributed by atoms with Gasteiger partial charge < -0.3 is 9.84 Å². The number of aromatic nitrogens is 1. The van der Waals surface area contributed by atoms with Crippen molar-refractivity contribution >= 4 is 0 Å². The highest BCUT2D eigenvalue weighted by molar-refractivity contribution is 5.43. The van der Waals surface area contributed by atoms with Gasteiger partial charge in [0.2, 0.25) is 5.88 Å². The van der Waals surface area contributed by atoms with Crippen molar-refractivity contribution in [1.29, 1.82) is 0 Å². The number of pyridine rings is 1. The van der Waals surface area contributed by atoms with Gasteiger partial charge in [-0.3, -0.25) is 0 Å². The van der Waals surface area contributed by atoms with Crippen LogP contribution in [0.15, 0.2) is 30.5 Å². The summed E-state index contributed by atoms with van der Waals surface area (Å²) in [6, 6.07) is 7.68. The Morgan fingerprint density at radius 3 is 2.58 bits per heavy atom. The molecule has 3 nitrogen and oxygen atoms in total. The molecule has 0 aliphatic rings. The molecular formula is C16H19NO2. The number of aliphatic hydroxyl groups is 1. The summed E-state index contributed by atoms with van der Waals surface area (Å²) in [5.74, 6) is 1.32. The van der Waals surface area contributed by atoms with Gasteiger partial charge in [-0.15, -0.1) is 0 Å². The summed E-state index contributed by atoms with van der Waals surface area (Å²) in [5, 5.41) is 9.57. The molecule has 0 spiro atoms. The van der Waals surface area contributed by atoms with Crippen molar-refractivity contribution in [2.45, 2.75) is 33.8 Å². The van der Waals surface area contributed by atoms with Crippen molar-refractivity contribution in [2.24, 2.45) is 0 Å². The van der Waals surface area contributed by atoms with Crippen molar-refractivity contribution in [3.63, 3.8) is 0 Å². The molecule has 0 amide bonds. The summed E-state index contributed by atoms with van der Waals surface area (Å²) in [6.07, 6.45) is 1.13. The van der Waals surface area contributed by atoms with Crippen molar-refractivity contribution < 1.29 is 9.84 Å². The van der Waals surface area contributed by atoms with E-state index in [9.17, 15) is 5.11 Å². The molecule has 0 fully saturated rings. The molecule has 0 aliphatic heterocycles. The van der Waals surface area contributed by atoms with Crippen molar-refractivity contribution in [3.05, 3.63) is 52.7 Å². The molecule has 0 radical (unpaired) electrons. The standard InChI is InChI=1S/C16H19NO2/c1-10-7-11(2)12(3)15(8-10)19-16-9-14(13(4)18)5-6-17-16/h5-9,13,18H,1-4H3/t13-/m0/s1. The normalized spacial score (nSPS) is 12.3. The maximum absolute atomic E-state index is 9.57.